The number of sulfonamides is 1. The van der Waals surface area contributed by atoms with E-state index in [9.17, 15) is 8.42 Å². The third-order valence-electron chi connectivity index (χ3n) is 3.69. The van der Waals surface area contributed by atoms with Crippen molar-refractivity contribution in [2.24, 2.45) is 0 Å². The lowest BCUT2D eigenvalue weighted by atomic mass is 10.2. The summed E-state index contributed by atoms with van der Waals surface area (Å²) in [7, 11) is 1.65. The summed E-state index contributed by atoms with van der Waals surface area (Å²) in [4.78, 5) is 2.39. The van der Waals surface area contributed by atoms with Crippen LogP contribution in [0.2, 0.25) is 0 Å². The zero-order chi connectivity index (χ0) is 14.8. The van der Waals surface area contributed by atoms with Crippen molar-refractivity contribution < 1.29 is 8.42 Å². The van der Waals surface area contributed by atoms with Crippen molar-refractivity contribution >= 4 is 15.7 Å². The van der Waals surface area contributed by atoms with Crippen LogP contribution in [-0.4, -0.2) is 53.0 Å². The van der Waals surface area contributed by atoms with E-state index in [-0.39, 0.29) is 0 Å². The maximum absolute atomic E-state index is 12.4. The van der Waals surface area contributed by atoms with E-state index in [1.165, 1.54) is 10.7 Å². The molecule has 0 aliphatic carbocycles. The van der Waals surface area contributed by atoms with E-state index in [1.807, 2.05) is 24.1 Å². The average Bonchev–Trinajstić information content (AvgIpc) is 2.91. The SMILES string of the molecule is CN(CC1CCCN1)c1ccccc1S(=O)(=O)N(C)C. The van der Waals surface area contributed by atoms with E-state index in [4.69, 9.17) is 0 Å². The first-order valence-electron chi connectivity index (χ1n) is 6.89. The van der Waals surface area contributed by atoms with Crippen LogP contribution >= 0.6 is 0 Å². The molecule has 1 fully saturated rings. The standard InChI is InChI=1S/C14H23N3O2S/c1-16(2)20(18,19)14-9-5-4-8-13(14)17(3)11-12-7-6-10-15-12/h4-5,8-9,12,15H,6-7,10-11H2,1-3H3. The van der Waals surface area contributed by atoms with Crippen LogP contribution in [0.25, 0.3) is 0 Å². The number of nitrogens with zero attached hydrogens (tertiary/aromatic N) is 2. The van der Waals surface area contributed by atoms with Gasteiger partial charge in [-0.05, 0) is 31.5 Å². The van der Waals surface area contributed by atoms with Gasteiger partial charge >= 0.3 is 0 Å². The molecular formula is C14H23N3O2S. The van der Waals surface area contributed by atoms with Gasteiger partial charge in [0, 0.05) is 33.7 Å². The van der Waals surface area contributed by atoms with Crippen molar-refractivity contribution in [2.75, 3.05) is 39.1 Å². The number of anilines is 1. The van der Waals surface area contributed by atoms with Gasteiger partial charge in [0.15, 0.2) is 0 Å². The molecule has 1 unspecified atom stereocenters. The molecule has 0 radical (unpaired) electrons. The van der Waals surface area contributed by atoms with E-state index in [2.05, 4.69) is 5.32 Å². The molecule has 1 heterocycles. The zero-order valence-electron chi connectivity index (χ0n) is 12.3. The molecule has 1 aliphatic rings. The minimum Gasteiger partial charge on any atom is -0.372 e. The molecule has 0 saturated carbocycles. The Balaban J connectivity index is 2.27. The molecule has 20 heavy (non-hydrogen) atoms. The number of likely N-dealkylation sites (N-methyl/N-ethyl adjacent to an activating group) is 1. The molecule has 2 rings (SSSR count). The molecule has 1 aromatic rings. The molecule has 1 N–H and O–H groups in total. The number of para-hydroxylation sites is 1. The first-order valence-corrected chi connectivity index (χ1v) is 8.33. The van der Waals surface area contributed by atoms with Crippen LogP contribution in [0, 0.1) is 0 Å². The minimum absolute atomic E-state index is 0.366. The molecule has 1 aliphatic heterocycles. The number of nitrogens with one attached hydrogen (secondary N) is 1. The number of hydrogen-bond acceptors (Lipinski definition) is 4. The van der Waals surface area contributed by atoms with Gasteiger partial charge < -0.3 is 10.2 Å². The highest BCUT2D eigenvalue weighted by molar-refractivity contribution is 7.89. The van der Waals surface area contributed by atoms with Crippen molar-refractivity contribution in [2.45, 2.75) is 23.8 Å². The van der Waals surface area contributed by atoms with Gasteiger partial charge in [0.25, 0.3) is 0 Å². The highest BCUT2D eigenvalue weighted by atomic mass is 32.2. The fraction of sp³-hybridized carbons (Fsp3) is 0.571. The van der Waals surface area contributed by atoms with E-state index >= 15 is 0 Å². The maximum Gasteiger partial charge on any atom is 0.244 e. The van der Waals surface area contributed by atoms with Gasteiger partial charge in [-0.25, -0.2) is 12.7 Å². The van der Waals surface area contributed by atoms with Gasteiger partial charge in [0.05, 0.1) is 5.69 Å². The van der Waals surface area contributed by atoms with Crippen molar-refractivity contribution in [1.82, 2.24) is 9.62 Å². The van der Waals surface area contributed by atoms with Crippen LogP contribution in [0.5, 0.6) is 0 Å². The fourth-order valence-corrected chi connectivity index (χ4v) is 3.66. The molecule has 112 valence electrons. The quantitative estimate of drug-likeness (QED) is 0.885. The molecule has 0 bridgehead atoms. The van der Waals surface area contributed by atoms with Crippen molar-refractivity contribution in [3.05, 3.63) is 24.3 Å². The Morgan fingerprint density at radius 3 is 2.55 bits per heavy atom. The molecule has 1 aromatic carbocycles. The van der Waals surface area contributed by atoms with Crippen molar-refractivity contribution in [3.8, 4) is 0 Å². The van der Waals surface area contributed by atoms with E-state index in [0.29, 0.717) is 10.9 Å². The van der Waals surface area contributed by atoms with Gasteiger partial charge in [0.2, 0.25) is 10.0 Å². The number of hydrogen-bond donors (Lipinski definition) is 1. The van der Waals surface area contributed by atoms with Crippen LogP contribution in [-0.2, 0) is 10.0 Å². The summed E-state index contributed by atoms with van der Waals surface area (Å²) in [5, 5.41) is 3.44. The summed E-state index contributed by atoms with van der Waals surface area (Å²) in [6, 6.07) is 7.62. The summed E-state index contributed by atoms with van der Waals surface area (Å²) >= 11 is 0. The zero-order valence-corrected chi connectivity index (χ0v) is 13.2. The highest BCUT2D eigenvalue weighted by Crippen LogP contribution is 2.26. The summed E-state index contributed by atoms with van der Waals surface area (Å²) in [6.45, 7) is 1.87. The Labute approximate surface area is 121 Å². The lowest BCUT2D eigenvalue weighted by Crippen LogP contribution is -2.36. The molecular weight excluding hydrogens is 274 g/mol. The Morgan fingerprint density at radius 1 is 1.25 bits per heavy atom. The van der Waals surface area contributed by atoms with Crippen molar-refractivity contribution in [3.63, 3.8) is 0 Å². The fourth-order valence-electron chi connectivity index (χ4n) is 2.53. The first-order chi connectivity index (χ1) is 9.43. The minimum atomic E-state index is -3.41. The van der Waals surface area contributed by atoms with Crippen LogP contribution in [0.4, 0.5) is 5.69 Å². The predicted molar refractivity (Wildman–Crippen MR) is 81.6 cm³/mol. The largest absolute Gasteiger partial charge is 0.372 e. The van der Waals surface area contributed by atoms with Crippen LogP contribution < -0.4 is 10.2 Å². The summed E-state index contributed by atoms with van der Waals surface area (Å²) in [5.41, 5.74) is 0.759. The smallest absolute Gasteiger partial charge is 0.244 e. The monoisotopic (exact) mass is 297 g/mol. The number of rotatable bonds is 5. The van der Waals surface area contributed by atoms with Gasteiger partial charge in [-0.3, -0.25) is 0 Å². The second-order valence-electron chi connectivity index (χ2n) is 5.43. The molecule has 5 nitrogen and oxygen atoms in total. The summed E-state index contributed by atoms with van der Waals surface area (Å²) < 4.78 is 26.0. The number of benzene rings is 1. The van der Waals surface area contributed by atoms with Crippen molar-refractivity contribution in [1.29, 1.82) is 0 Å². The first kappa shape index (κ1) is 15.3. The Morgan fingerprint density at radius 2 is 1.95 bits per heavy atom. The molecule has 0 spiro atoms. The Hall–Kier alpha value is -1.11. The predicted octanol–water partition coefficient (Wildman–Crippen LogP) is 1.13. The summed E-state index contributed by atoms with van der Waals surface area (Å²) in [5.74, 6) is 0. The summed E-state index contributed by atoms with van der Waals surface area (Å²) in [6.07, 6.45) is 2.34. The second kappa shape index (κ2) is 6.11. The van der Waals surface area contributed by atoms with Gasteiger partial charge in [-0.15, -0.1) is 0 Å². The van der Waals surface area contributed by atoms with E-state index < -0.39 is 10.0 Å². The molecule has 1 saturated heterocycles. The van der Waals surface area contributed by atoms with E-state index in [0.717, 1.165) is 25.2 Å². The average molecular weight is 297 g/mol. The molecule has 1 atom stereocenters. The molecule has 6 heteroatoms. The van der Waals surface area contributed by atoms with E-state index in [1.54, 1.807) is 26.2 Å². The lowest BCUT2D eigenvalue weighted by molar-refractivity contribution is 0.520. The highest BCUT2D eigenvalue weighted by Gasteiger charge is 2.24. The Bertz CT molecular complexity index is 551. The van der Waals surface area contributed by atoms with Crippen LogP contribution in [0.1, 0.15) is 12.8 Å². The third-order valence-corrected chi connectivity index (χ3v) is 5.55. The second-order valence-corrected chi connectivity index (χ2v) is 7.55. The van der Waals surface area contributed by atoms with Gasteiger partial charge in [-0.1, -0.05) is 12.1 Å². The van der Waals surface area contributed by atoms with Crippen LogP contribution in [0.15, 0.2) is 29.2 Å². The Kier molecular flexibility index (Phi) is 4.67. The topological polar surface area (TPSA) is 52.7 Å². The normalized spacial score (nSPS) is 19.5. The van der Waals surface area contributed by atoms with Crippen LogP contribution in [0.3, 0.4) is 0 Å². The van der Waals surface area contributed by atoms with Gasteiger partial charge in [-0.2, -0.15) is 0 Å². The maximum atomic E-state index is 12.4. The van der Waals surface area contributed by atoms with Gasteiger partial charge in [0.1, 0.15) is 4.90 Å². The molecule has 0 amide bonds. The third kappa shape index (κ3) is 3.13. The lowest BCUT2D eigenvalue weighted by Gasteiger charge is -2.26. The molecule has 0 aromatic heterocycles.